The predicted octanol–water partition coefficient (Wildman–Crippen LogP) is 2.82. The zero-order valence-corrected chi connectivity index (χ0v) is 18.9. The smallest absolute Gasteiger partial charge is 0.418 e. The largest absolute Gasteiger partial charge is 0.478 e. The third-order valence-corrected chi connectivity index (χ3v) is 6.24. The van der Waals surface area contributed by atoms with Crippen molar-refractivity contribution in [1.29, 1.82) is 0 Å². The second-order valence-corrected chi connectivity index (χ2v) is 8.49. The van der Waals surface area contributed by atoms with E-state index in [-0.39, 0.29) is 40.4 Å². The van der Waals surface area contributed by atoms with E-state index in [0.29, 0.717) is 17.8 Å². The maximum atomic E-state index is 13.6. The highest BCUT2D eigenvalue weighted by Crippen LogP contribution is 2.45. The van der Waals surface area contributed by atoms with E-state index in [1.807, 2.05) is 0 Å². The number of amides is 1. The van der Waals surface area contributed by atoms with Crippen molar-refractivity contribution in [2.45, 2.75) is 6.18 Å². The molecule has 3 aliphatic rings. The topological polar surface area (TPSA) is 115 Å². The standard InChI is InChI=1S/C24H22F3N5O4/c25-24(26,27)16-3-1-2-15-18(22(33)30-19(15)16)21-20(31-36-11-10-32-8-6-28-7-9-32)14-5-4-13(23(34)35)12-17(14)29-21/h1-5,12,28-29H,6-11H2,(H,30,33)(H,34,35)/b21-18-,31-20+. The van der Waals surface area contributed by atoms with Gasteiger partial charge in [-0.1, -0.05) is 17.3 Å². The van der Waals surface area contributed by atoms with Crippen molar-refractivity contribution in [1.82, 2.24) is 10.2 Å². The molecular weight excluding hydrogens is 479 g/mol. The molecule has 0 radical (unpaired) electrons. The molecule has 3 aliphatic heterocycles. The summed E-state index contributed by atoms with van der Waals surface area (Å²) in [6.07, 6.45) is -4.66. The number of halogens is 3. The Morgan fingerprint density at radius 3 is 2.61 bits per heavy atom. The quantitative estimate of drug-likeness (QED) is 0.283. The third kappa shape index (κ3) is 4.40. The number of nitrogens with zero attached hydrogens (tertiary/aromatic N) is 2. The number of para-hydroxylation sites is 1. The number of rotatable bonds is 5. The lowest BCUT2D eigenvalue weighted by Crippen LogP contribution is -2.44. The van der Waals surface area contributed by atoms with Crippen LogP contribution in [0.1, 0.15) is 27.0 Å². The minimum absolute atomic E-state index is 0.00195. The first-order valence-corrected chi connectivity index (χ1v) is 11.3. The van der Waals surface area contributed by atoms with E-state index in [4.69, 9.17) is 4.84 Å². The van der Waals surface area contributed by atoms with Gasteiger partial charge in [-0.25, -0.2) is 4.79 Å². The second-order valence-electron chi connectivity index (χ2n) is 8.49. The number of aromatic carboxylic acids is 1. The summed E-state index contributed by atoms with van der Waals surface area (Å²) < 4.78 is 40.7. The number of carbonyl (C=O) groups excluding carboxylic acids is 1. The molecule has 2 aromatic carbocycles. The fourth-order valence-corrected chi connectivity index (χ4v) is 4.48. The monoisotopic (exact) mass is 501 g/mol. The van der Waals surface area contributed by atoms with Crippen LogP contribution in [0, 0.1) is 0 Å². The van der Waals surface area contributed by atoms with Gasteiger partial charge in [0.1, 0.15) is 12.3 Å². The minimum atomic E-state index is -4.66. The second kappa shape index (κ2) is 9.28. The van der Waals surface area contributed by atoms with Crippen LogP contribution in [0.2, 0.25) is 0 Å². The molecular formula is C24H22F3N5O4. The van der Waals surface area contributed by atoms with Gasteiger partial charge in [-0.3, -0.25) is 9.69 Å². The average molecular weight is 501 g/mol. The summed E-state index contributed by atoms with van der Waals surface area (Å²) in [5.74, 6) is -1.88. The average Bonchev–Trinajstić information content (AvgIpc) is 3.37. The van der Waals surface area contributed by atoms with Crippen LogP contribution in [0.15, 0.2) is 47.3 Å². The molecule has 4 N–H and O–H groups in total. The van der Waals surface area contributed by atoms with E-state index in [1.54, 1.807) is 0 Å². The van der Waals surface area contributed by atoms with Gasteiger partial charge < -0.3 is 25.9 Å². The van der Waals surface area contributed by atoms with Gasteiger partial charge in [-0.05, 0) is 24.3 Å². The molecule has 12 heteroatoms. The Bertz CT molecular complexity index is 1300. The van der Waals surface area contributed by atoms with Crippen molar-refractivity contribution in [2.75, 3.05) is 50.0 Å². The molecule has 188 valence electrons. The Morgan fingerprint density at radius 1 is 1.11 bits per heavy atom. The van der Waals surface area contributed by atoms with Crippen molar-refractivity contribution < 1.29 is 32.7 Å². The molecule has 5 rings (SSSR count). The lowest BCUT2D eigenvalue weighted by molar-refractivity contribution is -0.136. The van der Waals surface area contributed by atoms with Crippen molar-refractivity contribution in [3.63, 3.8) is 0 Å². The molecule has 0 aliphatic carbocycles. The molecule has 0 bridgehead atoms. The number of piperazine rings is 1. The Labute approximate surface area is 203 Å². The molecule has 3 heterocycles. The minimum Gasteiger partial charge on any atom is -0.478 e. The van der Waals surface area contributed by atoms with Gasteiger partial charge in [0, 0.05) is 49.5 Å². The highest BCUT2D eigenvalue weighted by molar-refractivity contribution is 6.40. The van der Waals surface area contributed by atoms with E-state index < -0.39 is 23.6 Å². The number of hydrogen-bond acceptors (Lipinski definition) is 7. The summed E-state index contributed by atoms with van der Waals surface area (Å²) in [5.41, 5.74) is -0.0809. The first-order valence-electron chi connectivity index (χ1n) is 11.3. The van der Waals surface area contributed by atoms with E-state index >= 15 is 0 Å². The molecule has 1 fully saturated rings. The number of carboxylic acid groups (broad SMARTS) is 1. The SMILES string of the molecule is O=C1Nc2c(cccc2C(F)(F)F)/C1=C1/Nc2cc(C(=O)O)ccc2/C1=N\OCCN1CCNCC1. The highest BCUT2D eigenvalue weighted by Gasteiger charge is 2.41. The van der Waals surface area contributed by atoms with Crippen LogP contribution in [0.25, 0.3) is 5.57 Å². The van der Waals surface area contributed by atoms with Crippen molar-refractivity contribution >= 4 is 34.5 Å². The predicted molar refractivity (Wildman–Crippen MR) is 126 cm³/mol. The number of benzene rings is 2. The van der Waals surface area contributed by atoms with Gasteiger partial charge in [0.15, 0.2) is 0 Å². The number of fused-ring (bicyclic) bond motifs is 2. The summed E-state index contributed by atoms with van der Waals surface area (Å²) in [4.78, 5) is 32.2. The van der Waals surface area contributed by atoms with Crippen LogP contribution in [0.3, 0.4) is 0 Å². The van der Waals surface area contributed by atoms with Gasteiger partial charge in [0.2, 0.25) is 0 Å². The zero-order valence-electron chi connectivity index (χ0n) is 18.9. The van der Waals surface area contributed by atoms with E-state index in [0.717, 1.165) is 32.2 Å². The molecule has 0 spiro atoms. The van der Waals surface area contributed by atoms with Crippen LogP contribution in [0.5, 0.6) is 0 Å². The first-order chi connectivity index (χ1) is 17.2. The normalized spacial score (nSPS) is 20.6. The fourth-order valence-electron chi connectivity index (χ4n) is 4.48. The molecule has 1 amide bonds. The number of oxime groups is 1. The Kier molecular flexibility index (Phi) is 6.14. The maximum absolute atomic E-state index is 13.6. The summed E-state index contributed by atoms with van der Waals surface area (Å²) in [5, 5.41) is 22.2. The summed E-state index contributed by atoms with van der Waals surface area (Å²) in [7, 11) is 0. The van der Waals surface area contributed by atoms with Crippen LogP contribution in [-0.2, 0) is 15.8 Å². The number of carbonyl (C=O) groups is 2. The van der Waals surface area contributed by atoms with E-state index in [9.17, 15) is 27.9 Å². The van der Waals surface area contributed by atoms with Crippen LogP contribution >= 0.6 is 0 Å². The van der Waals surface area contributed by atoms with Gasteiger partial charge in [-0.15, -0.1) is 0 Å². The first kappa shape index (κ1) is 23.8. The van der Waals surface area contributed by atoms with Gasteiger partial charge in [0.25, 0.3) is 5.91 Å². The molecule has 9 nitrogen and oxygen atoms in total. The fraction of sp³-hybridized carbons (Fsp3) is 0.292. The van der Waals surface area contributed by atoms with Crippen molar-refractivity contribution in [3.05, 3.63) is 64.3 Å². The Hall–Kier alpha value is -3.90. The molecule has 0 unspecified atom stereocenters. The lowest BCUT2D eigenvalue weighted by atomic mass is 9.99. The number of anilines is 2. The molecule has 0 saturated carbocycles. The van der Waals surface area contributed by atoms with Crippen LogP contribution in [-0.4, -0.2) is 66.9 Å². The number of hydrogen-bond donors (Lipinski definition) is 4. The van der Waals surface area contributed by atoms with Gasteiger partial charge in [-0.2, -0.15) is 13.2 Å². The Morgan fingerprint density at radius 2 is 1.89 bits per heavy atom. The maximum Gasteiger partial charge on any atom is 0.418 e. The van der Waals surface area contributed by atoms with Gasteiger partial charge >= 0.3 is 12.1 Å². The van der Waals surface area contributed by atoms with Gasteiger partial charge in [0.05, 0.1) is 28.1 Å². The molecule has 2 aromatic rings. The van der Waals surface area contributed by atoms with Crippen LogP contribution in [0.4, 0.5) is 24.5 Å². The van der Waals surface area contributed by atoms with Crippen molar-refractivity contribution in [3.8, 4) is 0 Å². The molecule has 0 aromatic heterocycles. The number of allylic oxidation sites excluding steroid dienone is 1. The molecule has 36 heavy (non-hydrogen) atoms. The zero-order chi connectivity index (χ0) is 25.4. The lowest BCUT2D eigenvalue weighted by Gasteiger charge is -2.26. The van der Waals surface area contributed by atoms with E-state index in [1.165, 1.54) is 30.3 Å². The summed E-state index contributed by atoms with van der Waals surface area (Å²) >= 11 is 0. The Balaban J connectivity index is 1.54. The third-order valence-electron chi connectivity index (χ3n) is 6.24. The van der Waals surface area contributed by atoms with Crippen molar-refractivity contribution in [2.24, 2.45) is 5.16 Å². The molecule has 1 saturated heterocycles. The highest BCUT2D eigenvalue weighted by atomic mass is 19.4. The summed E-state index contributed by atoms with van der Waals surface area (Å²) in [6, 6.07) is 7.84. The number of carboxylic acids is 1. The molecule has 0 atom stereocenters. The van der Waals surface area contributed by atoms with E-state index in [2.05, 4.69) is 26.0 Å². The summed E-state index contributed by atoms with van der Waals surface area (Å²) in [6.45, 7) is 4.38. The number of nitrogens with one attached hydrogen (secondary N) is 3. The van der Waals surface area contributed by atoms with Crippen LogP contribution < -0.4 is 16.0 Å². The number of alkyl halides is 3.